The molecular formula is C13H17N3O6S. The number of hydrogen-bond donors (Lipinski definition) is 4. The maximum Gasteiger partial charge on any atom is 0.311 e. The molecule has 4 N–H and O–H groups in total. The minimum absolute atomic E-state index is 0.0427. The molecule has 3 rings (SSSR count). The van der Waals surface area contributed by atoms with Gasteiger partial charge in [-0.2, -0.15) is 4.98 Å². The fraction of sp³-hybridized carbons (Fsp3) is 0.615. The first-order valence-electron chi connectivity index (χ1n) is 7.28. The van der Waals surface area contributed by atoms with E-state index in [0.717, 1.165) is 11.0 Å². The number of rotatable bonds is 4. The van der Waals surface area contributed by atoms with E-state index in [1.807, 2.05) is 6.92 Å². The van der Waals surface area contributed by atoms with Crippen LogP contribution in [0.4, 0.5) is 0 Å². The maximum absolute atomic E-state index is 12.2. The Morgan fingerprint density at radius 3 is 2.96 bits per heavy atom. The normalized spacial score (nSPS) is 26.0. The van der Waals surface area contributed by atoms with E-state index < -0.39 is 41.0 Å². The average molecular weight is 343 g/mol. The molecular weight excluding hydrogens is 326 g/mol. The third-order valence-electron chi connectivity index (χ3n) is 3.85. The molecule has 0 aromatic carbocycles. The number of hydrogen-bond acceptors (Lipinski definition) is 8. The second-order valence-electron chi connectivity index (χ2n) is 5.50. The van der Waals surface area contributed by atoms with Gasteiger partial charge in [-0.1, -0.05) is 24.7 Å². The van der Waals surface area contributed by atoms with Crippen LogP contribution in [0.15, 0.2) is 9.59 Å². The summed E-state index contributed by atoms with van der Waals surface area (Å²) in [6.45, 7) is 1.92. The zero-order valence-electron chi connectivity index (χ0n) is 12.3. The highest BCUT2D eigenvalue weighted by Crippen LogP contribution is 2.32. The molecule has 0 aliphatic carbocycles. The van der Waals surface area contributed by atoms with Crippen LogP contribution in [0.1, 0.15) is 32.4 Å². The van der Waals surface area contributed by atoms with Crippen molar-refractivity contribution in [2.45, 2.75) is 50.7 Å². The number of aromatic hydroxyl groups is 1. The Hall–Kier alpha value is -1.75. The smallest absolute Gasteiger partial charge is 0.311 e. The summed E-state index contributed by atoms with van der Waals surface area (Å²) < 4.78 is 6.73. The van der Waals surface area contributed by atoms with Crippen molar-refractivity contribution in [2.75, 3.05) is 0 Å². The number of aromatic nitrogens is 3. The van der Waals surface area contributed by atoms with E-state index in [2.05, 4.69) is 9.97 Å². The lowest BCUT2D eigenvalue weighted by Gasteiger charge is -2.19. The number of thiazole rings is 1. The fourth-order valence-electron chi connectivity index (χ4n) is 2.78. The quantitative estimate of drug-likeness (QED) is 0.596. The Kier molecular flexibility index (Phi) is 4.23. The van der Waals surface area contributed by atoms with E-state index in [0.29, 0.717) is 17.8 Å². The third-order valence-corrected chi connectivity index (χ3v) is 4.79. The first-order valence-corrected chi connectivity index (χ1v) is 8.10. The van der Waals surface area contributed by atoms with Gasteiger partial charge in [-0.05, 0) is 6.42 Å². The predicted octanol–water partition coefficient (Wildman–Crippen LogP) is -0.339. The number of ether oxygens (including phenoxy) is 1. The molecule has 0 amide bonds. The van der Waals surface area contributed by atoms with Crippen LogP contribution < -0.4 is 10.4 Å². The Labute approximate surface area is 133 Å². The highest BCUT2D eigenvalue weighted by atomic mass is 32.1. The Morgan fingerprint density at radius 2 is 2.26 bits per heavy atom. The lowest BCUT2D eigenvalue weighted by molar-refractivity contribution is -0.0763. The molecule has 4 unspecified atom stereocenters. The van der Waals surface area contributed by atoms with Crippen LogP contribution in [0.2, 0.25) is 0 Å². The van der Waals surface area contributed by atoms with Crippen LogP contribution in [0.25, 0.3) is 10.3 Å². The zero-order chi connectivity index (χ0) is 16.7. The molecule has 1 saturated heterocycles. The van der Waals surface area contributed by atoms with E-state index in [1.54, 1.807) is 0 Å². The van der Waals surface area contributed by atoms with Crippen molar-refractivity contribution in [1.29, 1.82) is 0 Å². The van der Waals surface area contributed by atoms with Crippen LogP contribution in [0.3, 0.4) is 0 Å². The van der Waals surface area contributed by atoms with Gasteiger partial charge in [0.25, 0.3) is 11.6 Å². The molecule has 4 atom stereocenters. The molecule has 126 valence electrons. The minimum Gasteiger partial charge on any atom is -0.480 e. The lowest BCUT2D eigenvalue weighted by Crippen LogP contribution is -2.28. The Bertz CT molecular complexity index is 827. The molecule has 1 fully saturated rings. The molecule has 1 aliphatic heterocycles. The molecule has 9 nitrogen and oxygen atoms in total. The number of fused-ring (bicyclic) bond motifs is 1. The van der Waals surface area contributed by atoms with E-state index >= 15 is 0 Å². The molecule has 10 heteroatoms. The predicted molar refractivity (Wildman–Crippen MR) is 81.6 cm³/mol. The monoisotopic (exact) mass is 343 g/mol. The van der Waals surface area contributed by atoms with Gasteiger partial charge in [-0.3, -0.25) is 19.1 Å². The van der Waals surface area contributed by atoms with Gasteiger partial charge in [0.15, 0.2) is 11.9 Å². The molecule has 2 aromatic heterocycles. The van der Waals surface area contributed by atoms with E-state index in [-0.39, 0.29) is 16.8 Å². The van der Waals surface area contributed by atoms with Crippen molar-refractivity contribution < 1.29 is 20.1 Å². The van der Waals surface area contributed by atoms with Gasteiger partial charge in [0.2, 0.25) is 0 Å². The van der Waals surface area contributed by atoms with Gasteiger partial charge >= 0.3 is 4.87 Å². The molecule has 0 bridgehead atoms. The van der Waals surface area contributed by atoms with Crippen LogP contribution in [0.5, 0.6) is 6.01 Å². The zero-order valence-corrected chi connectivity index (χ0v) is 13.1. The molecule has 1 aliphatic rings. The molecule has 23 heavy (non-hydrogen) atoms. The lowest BCUT2D eigenvalue weighted by atomic mass is 10.1. The summed E-state index contributed by atoms with van der Waals surface area (Å²) in [4.78, 5) is 29.3. The second-order valence-corrected chi connectivity index (χ2v) is 6.47. The van der Waals surface area contributed by atoms with Crippen LogP contribution >= 0.6 is 11.3 Å². The molecule has 0 radical (unpaired) electrons. The highest BCUT2D eigenvalue weighted by molar-refractivity contribution is 7.16. The molecule has 3 heterocycles. The summed E-state index contributed by atoms with van der Waals surface area (Å²) in [7, 11) is 0. The van der Waals surface area contributed by atoms with Gasteiger partial charge in [-0.25, -0.2) is 0 Å². The number of nitrogens with one attached hydrogen (secondary N) is 1. The topological polar surface area (TPSA) is 138 Å². The average Bonchev–Trinajstić information content (AvgIpc) is 2.99. The van der Waals surface area contributed by atoms with Crippen molar-refractivity contribution in [3.05, 3.63) is 20.0 Å². The van der Waals surface area contributed by atoms with Crippen LogP contribution in [0, 0.1) is 0 Å². The van der Waals surface area contributed by atoms with Gasteiger partial charge in [-0.15, -0.1) is 0 Å². The summed E-state index contributed by atoms with van der Waals surface area (Å²) in [5.41, 5.74) is -0.681. The van der Waals surface area contributed by atoms with Crippen molar-refractivity contribution in [2.24, 2.45) is 0 Å². The van der Waals surface area contributed by atoms with Gasteiger partial charge < -0.3 is 20.1 Å². The maximum atomic E-state index is 12.2. The summed E-state index contributed by atoms with van der Waals surface area (Å²) in [5, 5.41) is 29.7. The summed E-state index contributed by atoms with van der Waals surface area (Å²) in [6.07, 6.45) is -1.98. The minimum atomic E-state index is -1.05. The number of H-pyrrole nitrogens is 1. The number of aromatic amines is 1. The number of aliphatic hydroxyl groups is 2. The second kappa shape index (κ2) is 6.04. The standard InChI is InChI=1S/C13H17N3O6S/c1-2-3-5(17)7-4-6(18)11(22-7)16-9-8(23-13(16)21)10(19)15-12(20)14-9/h5-7,11,17-18H,2-4H2,1H3,(H2,14,15,19,20). The molecule has 0 spiro atoms. The van der Waals surface area contributed by atoms with Crippen LogP contribution in [-0.4, -0.2) is 48.2 Å². The summed E-state index contributed by atoms with van der Waals surface area (Å²) in [5.74, 6) is 0. The Morgan fingerprint density at radius 1 is 1.52 bits per heavy atom. The van der Waals surface area contributed by atoms with Gasteiger partial charge in [0.1, 0.15) is 10.8 Å². The van der Waals surface area contributed by atoms with Crippen molar-refractivity contribution in [3.63, 3.8) is 0 Å². The first-order chi connectivity index (χ1) is 10.9. The number of aliphatic hydroxyl groups excluding tert-OH is 2. The third kappa shape index (κ3) is 2.78. The fourth-order valence-corrected chi connectivity index (χ4v) is 3.63. The van der Waals surface area contributed by atoms with E-state index in [4.69, 9.17) is 4.74 Å². The van der Waals surface area contributed by atoms with Crippen LogP contribution in [-0.2, 0) is 4.74 Å². The van der Waals surface area contributed by atoms with Crippen molar-refractivity contribution in [1.82, 2.24) is 14.5 Å². The summed E-state index contributed by atoms with van der Waals surface area (Å²) in [6, 6.07) is -0.621. The largest absolute Gasteiger partial charge is 0.480 e. The van der Waals surface area contributed by atoms with E-state index in [9.17, 15) is 24.9 Å². The van der Waals surface area contributed by atoms with E-state index in [1.165, 1.54) is 0 Å². The molecule has 2 aromatic rings. The van der Waals surface area contributed by atoms with Gasteiger partial charge in [0.05, 0.1) is 12.2 Å². The van der Waals surface area contributed by atoms with Gasteiger partial charge in [0, 0.05) is 6.42 Å². The molecule has 0 saturated carbocycles. The van der Waals surface area contributed by atoms with Crippen molar-refractivity contribution >= 4 is 21.7 Å². The van der Waals surface area contributed by atoms with Crippen molar-refractivity contribution in [3.8, 4) is 6.01 Å². The first kappa shape index (κ1) is 16.1. The SMILES string of the molecule is CCCC(O)C1CC(O)C(n2c(=O)sc3c(=O)[nH]c(O)nc32)O1. The Balaban J connectivity index is 2.02. The number of nitrogens with zero attached hydrogens (tertiary/aromatic N) is 2. The highest BCUT2D eigenvalue weighted by Gasteiger charge is 2.40. The summed E-state index contributed by atoms with van der Waals surface area (Å²) >= 11 is 0.659.